The van der Waals surface area contributed by atoms with E-state index in [9.17, 15) is 0 Å². The first kappa shape index (κ1) is 18.4. The number of hydrogen-bond donors (Lipinski definition) is 0. The Kier molecular flexibility index (Phi) is 4.48. The summed E-state index contributed by atoms with van der Waals surface area (Å²) in [4.78, 5) is 5.05. The highest BCUT2D eigenvalue weighted by Crippen LogP contribution is 2.34. The normalized spacial score (nSPS) is 11.2. The molecule has 0 saturated carbocycles. The van der Waals surface area contributed by atoms with Crippen LogP contribution in [0.25, 0.3) is 39.2 Å². The van der Waals surface area contributed by atoms with Gasteiger partial charge >= 0.3 is 0 Å². The average Bonchev–Trinajstić information content (AvgIpc) is 3.13. The Balaban J connectivity index is 1.79. The number of imidazole rings is 1. The minimum atomic E-state index is 0.981. The number of fused-ring (bicyclic) bond motifs is 1. The highest BCUT2D eigenvalue weighted by Gasteiger charge is 2.18. The molecule has 1 aromatic heterocycles. The summed E-state index contributed by atoms with van der Waals surface area (Å²) in [5, 5.41) is 0. The number of benzene rings is 4. The van der Waals surface area contributed by atoms with E-state index in [0.717, 1.165) is 22.4 Å². The van der Waals surface area contributed by atoms with Crippen LogP contribution >= 0.6 is 0 Å². The molecule has 0 spiro atoms. The molecule has 0 radical (unpaired) electrons. The summed E-state index contributed by atoms with van der Waals surface area (Å²) in [6, 6.07) is 32.1. The van der Waals surface area contributed by atoms with Gasteiger partial charge in [0, 0.05) is 5.56 Å². The molecule has 5 rings (SSSR count). The summed E-state index contributed by atoms with van der Waals surface area (Å²) in [5.74, 6) is 0.981. The Morgan fingerprint density at radius 1 is 0.600 bits per heavy atom. The Morgan fingerprint density at radius 3 is 1.83 bits per heavy atom. The molecule has 1 heterocycles. The number of aromatic nitrogens is 2. The lowest BCUT2D eigenvalue weighted by molar-refractivity contribution is 1.06. The van der Waals surface area contributed by atoms with E-state index in [1.807, 2.05) is 6.07 Å². The zero-order valence-electron chi connectivity index (χ0n) is 17.6. The summed E-state index contributed by atoms with van der Waals surface area (Å²) >= 11 is 0. The predicted octanol–water partition coefficient (Wildman–Crippen LogP) is 7.28. The molecule has 0 saturated heterocycles. The number of rotatable bonds is 3. The Labute approximate surface area is 177 Å². The van der Waals surface area contributed by atoms with Crippen molar-refractivity contribution in [3.8, 4) is 28.2 Å². The first-order valence-corrected chi connectivity index (χ1v) is 10.3. The van der Waals surface area contributed by atoms with E-state index >= 15 is 0 Å². The summed E-state index contributed by atoms with van der Waals surface area (Å²) in [7, 11) is 0. The fourth-order valence-electron chi connectivity index (χ4n) is 4.30. The fraction of sp³-hybridized carbons (Fsp3) is 0.107. The van der Waals surface area contributed by atoms with Crippen LogP contribution in [0.4, 0.5) is 0 Å². The van der Waals surface area contributed by atoms with Crippen LogP contribution in [-0.2, 0) is 0 Å². The van der Waals surface area contributed by atoms with Crippen molar-refractivity contribution in [2.45, 2.75) is 20.8 Å². The maximum Gasteiger partial charge on any atom is 0.145 e. The monoisotopic (exact) mass is 388 g/mol. The third-order valence-corrected chi connectivity index (χ3v) is 5.66. The van der Waals surface area contributed by atoms with E-state index in [1.165, 1.54) is 33.5 Å². The number of hydrogen-bond acceptors (Lipinski definition) is 1. The van der Waals surface area contributed by atoms with Crippen LogP contribution in [0.5, 0.6) is 0 Å². The predicted molar refractivity (Wildman–Crippen MR) is 126 cm³/mol. The molecule has 4 aromatic carbocycles. The summed E-state index contributed by atoms with van der Waals surface area (Å²) in [6.45, 7) is 6.51. The quantitative estimate of drug-likeness (QED) is 0.317. The van der Waals surface area contributed by atoms with Crippen molar-refractivity contribution in [2.24, 2.45) is 0 Å². The van der Waals surface area contributed by atoms with E-state index in [2.05, 4.69) is 110 Å². The number of aryl methyl sites for hydroxylation is 3. The molecule has 0 aliphatic heterocycles. The van der Waals surface area contributed by atoms with Crippen LogP contribution in [-0.4, -0.2) is 9.55 Å². The molecule has 0 bridgehead atoms. The maximum atomic E-state index is 5.05. The highest BCUT2D eigenvalue weighted by atomic mass is 15.1. The summed E-state index contributed by atoms with van der Waals surface area (Å²) in [6.07, 6.45) is 0. The van der Waals surface area contributed by atoms with Gasteiger partial charge in [-0.2, -0.15) is 0 Å². The zero-order valence-corrected chi connectivity index (χ0v) is 17.6. The molecular formula is C28H24N2. The molecular weight excluding hydrogens is 364 g/mol. The standard InChI is InChI=1S/C28H24N2/c1-19-14-15-26-25(16-19)29-28(23-12-8-5-9-13-23)30(26)27-20(2)17-24(18-21(27)3)22-10-6-4-7-11-22/h4-18H,1-3H3. The average molecular weight is 389 g/mol. The van der Waals surface area contributed by atoms with Gasteiger partial charge in [-0.3, -0.25) is 4.57 Å². The molecule has 0 aliphatic rings. The van der Waals surface area contributed by atoms with Crippen molar-refractivity contribution >= 4 is 11.0 Å². The molecule has 5 aromatic rings. The second-order valence-corrected chi connectivity index (χ2v) is 7.95. The van der Waals surface area contributed by atoms with E-state index < -0.39 is 0 Å². The van der Waals surface area contributed by atoms with Crippen molar-refractivity contribution in [3.05, 3.63) is 108 Å². The molecule has 0 fully saturated rings. The second-order valence-electron chi connectivity index (χ2n) is 7.95. The first-order chi connectivity index (χ1) is 14.6. The highest BCUT2D eigenvalue weighted by molar-refractivity contribution is 5.85. The van der Waals surface area contributed by atoms with Crippen LogP contribution in [0.15, 0.2) is 91.0 Å². The molecule has 146 valence electrons. The lowest BCUT2D eigenvalue weighted by atomic mass is 9.98. The van der Waals surface area contributed by atoms with Gasteiger partial charge in [-0.1, -0.05) is 66.7 Å². The van der Waals surface area contributed by atoms with Crippen LogP contribution in [0.1, 0.15) is 16.7 Å². The summed E-state index contributed by atoms with van der Waals surface area (Å²) < 4.78 is 2.32. The lowest BCUT2D eigenvalue weighted by Crippen LogP contribution is -2.03. The van der Waals surface area contributed by atoms with E-state index in [1.54, 1.807) is 0 Å². The SMILES string of the molecule is Cc1ccc2c(c1)nc(-c1ccccc1)n2-c1c(C)cc(-c2ccccc2)cc1C. The minimum Gasteiger partial charge on any atom is -0.292 e. The van der Waals surface area contributed by atoms with Crippen LogP contribution < -0.4 is 0 Å². The zero-order chi connectivity index (χ0) is 20.7. The second kappa shape index (κ2) is 7.31. The summed E-state index contributed by atoms with van der Waals surface area (Å²) in [5.41, 5.74) is 10.7. The Bertz CT molecular complexity index is 1320. The number of nitrogens with zero attached hydrogens (tertiary/aromatic N) is 2. The maximum absolute atomic E-state index is 5.05. The van der Waals surface area contributed by atoms with Gasteiger partial charge in [0.15, 0.2) is 0 Å². The largest absolute Gasteiger partial charge is 0.292 e. The van der Waals surface area contributed by atoms with Crippen molar-refractivity contribution in [1.82, 2.24) is 9.55 Å². The van der Waals surface area contributed by atoms with Crippen LogP contribution in [0, 0.1) is 20.8 Å². The van der Waals surface area contributed by atoms with Gasteiger partial charge in [0.25, 0.3) is 0 Å². The van der Waals surface area contributed by atoms with Gasteiger partial charge in [0.05, 0.1) is 16.7 Å². The Hall–Kier alpha value is -3.65. The molecule has 0 unspecified atom stereocenters. The molecule has 0 atom stereocenters. The van der Waals surface area contributed by atoms with Gasteiger partial charge in [-0.05, 0) is 72.9 Å². The topological polar surface area (TPSA) is 17.8 Å². The smallest absolute Gasteiger partial charge is 0.145 e. The van der Waals surface area contributed by atoms with Crippen molar-refractivity contribution < 1.29 is 0 Å². The molecule has 0 aliphatic carbocycles. The van der Waals surface area contributed by atoms with Gasteiger partial charge in [0.2, 0.25) is 0 Å². The van der Waals surface area contributed by atoms with Gasteiger partial charge in [-0.15, -0.1) is 0 Å². The Morgan fingerprint density at radius 2 is 1.20 bits per heavy atom. The van der Waals surface area contributed by atoms with E-state index in [4.69, 9.17) is 4.98 Å². The molecule has 30 heavy (non-hydrogen) atoms. The first-order valence-electron chi connectivity index (χ1n) is 10.3. The van der Waals surface area contributed by atoms with E-state index in [0.29, 0.717) is 0 Å². The van der Waals surface area contributed by atoms with Crippen molar-refractivity contribution in [2.75, 3.05) is 0 Å². The molecule has 0 amide bonds. The third-order valence-electron chi connectivity index (χ3n) is 5.66. The lowest BCUT2D eigenvalue weighted by Gasteiger charge is -2.17. The van der Waals surface area contributed by atoms with Gasteiger partial charge in [0.1, 0.15) is 5.82 Å². The molecule has 2 heteroatoms. The minimum absolute atomic E-state index is 0.981. The van der Waals surface area contributed by atoms with Crippen LogP contribution in [0.2, 0.25) is 0 Å². The van der Waals surface area contributed by atoms with Gasteiger partial charge in [-0.25, -0.2) is 4.98 Å². The van der Waals surface area contributed by atoms with E-state index in [-0.39, 0.29) is 0 Å². The van der Waals surface area contributed by atoms with Crippen LogP contribution in [0.3, 0.4) is 0 Å². The van der Waals surface area contributed by atoms with Gasteiger partial charge < -0.3 is 0 Å². The molecule has 2 nitrogen and oxygen atoms in total. The van der Waals surface area contributed by atoms with Crippen molar-refractivity contribution in [3.63, 3.8) is 0 Å². The fourth-order valence-corrected chi connectivity index (χ4v) is 4.30. The van der Waals surface area contributed by atoms with Crippen molar-refractivity contribution in [1.29, 1.82) is 0 Å². The molecule has 0 N–H and O–H groups in total. The third kappa shape index (κ3) is 3.11.